The van der Waals surface area contributed by atoms with Crippen molar-refractivity contribution in [3.8, 4) is 5.75 Å². The fourth-order valence-corrected chi connectivity index (χ4v) is 2.03. The second kappa shape index (κ2) is 13.6. The van der Waals surface area contributed by atoms with Crippen LogP contribution in [0.5, 0.6) is 5.75 Å². The Hall–Kier alpha value is -1.55. The standard InChI is InChI=1S/C17H26O3.C6H14O/c1-6-13(2)11-12-19-15-9-7-14(8-10-15)16(18)20-17(3,4)5;1-3-6(2)4-5-7/h7-10,13H,6,11-12H2,1-5H3;6-7H,3-5H2,1-2H3. The van der Waals surface area contributed by atoms with Crippen LogP contribution in [0.3, 0.4) is 0 Å². The molecule has 0 bridgehead atoms. The van der Waals surface area contributed by atoms with Gasteiger partial charge in [0, 0.05) is 6.61 Å². The van der Waals surface area contributed by atoms with Gasteiger partial charge in [-0.15, -0.1) is 0 Å². The van der Waals surface area contributed by atoms with Crippen molar-refractivity contribution >= 4 is 5.97 Å². The number of aliphatic hydroxyl groups is 1. The van der Waals surface area contributed by atoms with Gasteiger partial charge < -0.3 is 14.6 Å². The van der Waals surface area contributed by atoms with Gasteiger partial charge >= 0.3 is 5.97 Å². The van der Waals surface area contributed by atoms with Crippen molar-refractivity contribution in [3.05, 3.63) is 29.8 Å². The first kappa shape index (κ1) is 25.4. The lowest BCUT2D eigenvalue weighted by molar-refractivity contribution is 0.00695. The van der Waals surface area contributed by atoms with Crippen LogP contribution in [0, 0.1) is 11.8 Å². The summed E-state index contributed by atoms with van der Waals surface area (Å²) in [5.74, 6) is 1.87. The average Bonchev–Trinajstić information content (AvgIpc) is 2.61. The van der Waals surface area contributed by atoms with Gasteiger partial charge in [0.05, 0.1) is 12.2 Å². The Morgan fingerprint density at radius 2 is 1.52 bits per heavy atom. The molecule has 0 aliphatic heterocycles. The van der Waals surface area contributed by atoms with Crippen molar-refractivity contribution in [1.82, 2.24) is 0 Å². The molecule has 0 saturated carbocycles. The number of carbonyl (C=O) groups is 1. The molecule has 0 amide bonds. The Kier molecular flexibility index (Phi) is 12.8. The molecule has 1 N–H and O–H groups in total. The number of hydrogen-bond acceptors (Lipinski definition) is 4. The summed E-state index contributed by atoms with van der Waals surface area (Å²) in [7, 11) is 0. The molecule has 27 heavy (non-hydrogen) atoms. The van der Waals surface area contributed by atoms with E-state index in [1.807, 2.05) is 32.9 Å². The highest BCUT2D eigenvalue weighted by molar-refractivity contribution is 5.89. The van der Waals surface area contributed by atoms with E-state index in [1.54, 1.807) is 12.1 Å². The minimum atomic E-state index is -0.470. The van der Waals surface area contributed by atoms with Crippen molar-refractivity contribution in [3.63, 3.8) is 0 Å². The minimum absolute atomic E-state index is 0.302. The maximum absolute atomic E-state index is 11.9. The monoisotopic (exact) mass is 380 g/mol. The molecule has 1 aromatic carbocycles. The highest BCUT2D eigenvalue weighted by Crippen LogP contribution is 2.17. The maximum atomic E-state index is 11.9. The SMILES string of the molecule is CCC(C)CCO.CCC(C)CCOc1ccc(C(=O)OC(C)(C)C)cc1. The molecular formula is C23H40O4. The molecule has 1 rings (SSSR count). The van der Waals surface area contributed by atoms with Crippen LogP contribution in [0.4, 0.5) is 0 Å². The molecule has 4 heteroatoms. The number of rotatable bonds is 9. The fourth-order valence-electron chi connectivity index (χ4n) is 2.03. The van der Waals surface area contributed by atoms with Crippen LogP contribution < -0.4 is 4.74 Å². The molecule has 4 nitrogen and oxygen atoms in total. The Morgan fingerprint density at radius 3 is 1.93 bits per heavy atom. The van der Waals surface area contributed by atoms with Crippen LogP contribution in [0.25, 0.3) is 0 Å². The quantitative estimate of drug-likeness (QED) is 0.544. The maximum Gasteiger partial charge on any atom is 0.338 e. The predicted octanol–water partition coefficient (Wildman–Crippen LogP) is 5.87. The van der Waals surface area contributed by atoms with E-state index in [0.29, 0.717) is 30.6 Å². The number of aliphatic hydroxyl groups excluding tert-OH is 1. The van der Waals surface area contributed by atoms with Gasteiger partial charge in [0.2, 0.25) is 0 Å². The number of hydrogen-bond donors (Lipinski definition) is 1. The van der Waals surface area contributed by atoms with Gasteiger partial charge in [-0.3, -0.25) is 0 Å². The molecular weight excluding hydrogens is 340 g/mol. The van der Waals surface area contributed by atoms with E-state index in [2.05, 4.69) is 27.7 Å². The van der Waals surface area contributed by atoms with Crippen LogP contribution in [0.2, 0.25) is 0 Å². The normalized spacial score (nSPS) is 13.2. The summed E-state index contributed by atoms with van der Waals surface area (Å²) in [5.41, 5.74) is 0.0805. The predicted molar refractivity (Wildman–Crippen MR) is 112 cm³/mol. The summed E-state index contributed by atoms with van der Waals surface area (Å²) in [4.78, 5) is 11.9. The van der Waals surface area contributed by atoms with Gasteiger partial charge in [0.25, 0.3) is 0 Å². The first-order chi connectivity index (χ1) is 12.6. The highest BCUT2D eigenvalue weighted by Gasteiger charge is 2.17. The third kappa shape index (κ3) is 13.3. The van der Waals surface area contributed by atoms with Crippen LogP contribution >= 0.6 is 0 Å². The van der Waals surface area contributed by atoms with E-state index in [1.165, 1.54) is 12.8 Å². The van der Waals surface area contributed by atoms with E-state index in [0.717, 1.165) is 18.6 Å². The van der Waals surface area contributed by atoms with E-state index in [4.69, 9.17) is 14.6 Å². The molecule has 0 radical (unpaired) electrons. The second-order valence-corrected chi connectivity index (χ2v) is 8.20. The number of benzene rings is 1. The lowest BCUT2D eigenvalue weighted by Crippen LogP contribution is -2.23. The Balaban J connectivity index is 0.000000821. The van der Waals surface area contributed by atoms with Crippen molar-refractivity contribution in [2.45, 2.75) is 79.8 Å². The largest absolute Gasteiger partial charge is 0.494 e. The van der Waals surface area contributed by atoms with Gasteiger partial charge in [-0.05, 0) is 69.7 Å². The smallest absolute Gasteiger partial charge is 0.338 e. The van der Waals surface area contributed by atoms with Crippen LogP contribution in [0.15, 0.2) is 24.3 Å². The van der Waals surface area contributed by atoms with E-state index >= 15 is 0 Å². The van der Waals surface area contributed by atoms with Crippen LogP contribution in [-0.2, 0) is 4.74 Å². The lowest BCUT2D eigenvalue weighted by atomic mass is 10.1. The van der Waals surface area contributed by atoms with Crippen LogP contribution in [0.1, 0.15) is 84.5 Å². The summed E-state index contributed by atoms with van der Waals surface area (Å²) < 4.78 is 11.0. The number of ether oxygens (including phenoxy) is 2. The van der Waals surface area contributed by atoms with E-state index in [9.17, 15) is 4.79 Å². The molecule has 0 spiro atoms. The van der Waals surface area contributed by atoms with Gasteiger partial charge in [-0.2, -0.15) is 0 Å². The van der Waals surface area contributed by atoms with E-state index < -0.39 is 5.60 Å². The van der Waals surface area contributed by atoms with Gasteiger partial charge in [0.15, 0.2) is 0 Å². The van der Waals surface area contributed by atoms with Gasteiger partial charge in [0.1, 0.15) is 11.4 Å². The molecule has 0 saturated heterocycles. The lowest BCUT2D eigenvalue weighted by Gasteiger charge is -2.19. The summed E-state index contributed by atoms with van der Waals surface area (Å²) in [6, 6.07) is 7.12. The Labute approximate surface area is 166 Å². The molecule has 1 aromatic rings. The zero-order valence-electron chi connectivity index (χ0n) is 18.4. The summed E-state index contributed by atoms with van der Waals surface area (Å²) in [6.07, 6.45) is 4.35. The molecule has 0 aliphatic rings. The Bertz CT molecular complexity index is 502. The topological polar surface area (TPSA) is 55.8 Å². The molecule has 0 aliphatic carbocycles. The van der Waals surface area contributed by atoms with Crippen molar-refractivity contribution in [2.75, 3.05) is 13.2 Å². The second-order valence-electron chi connectivity index (χ2n) is 8.20. The zero-order chi connectivity index (χ0) is 20.9. The minimum Gasteiger partial charge on any atom is -0.494 e. The fraction of sp³-hybridized carbons (Fsp3) is 0.696. The van der Waals surface area contributed by atoms with E-state index in [-0.39, 0.29) is 5.97 Å². The highest BCUT2D eigenvalue weighted by atomic mass is 16.6. The van der Waals surface area contributed by atoms with Gasteiger partial charge in [-0.1, -0.05) is 40.5 Å². The van der Waals surface area contributed by atoms with Crippen LogP contribution in [-0.4, -0.2) is 29.9 Å². The summed E-state index contributed by atoms with van der Waals surface area (Å²) >= 11 is 0. The zero-order valence-corrected chi connectivity index (χ0v) is 18.4. The molecule has 2 atom stereocenters. The summed E-state index contributed by atoms with van der Waals surface area (Å²) in [6.45, 7) is 15.3. The molecule has 0 fully saturated rings. The number of carbonyl (C=O) groups excluding carboxylic acids is 1. The molecule has 0 heterocycles. The molecule has 0 aromatic heterocycles. The van der Waals surface area contributed by atoms with Crippen molar-refractivity contribution < 1.29 is 19.4 Å². The summed E-state index contributed by atoms with van der Waals surface area (Å²) in [5, 5.41) is 8.37. The third-order valence-corrected chi connectivity index (χ3v) is 4.38. The number of esters is 1. The first-order valence-corrected chi connectivity index (χ1v) is 10.2. The Morgan fingerprint density at radius 1 is 1.00 bits per heavy atom. The molecule has 156 valence electrons. The average molecular weight is 381 g/mol. The first-order valence-electron chi connectivity index (χ1n) is 10.2. The van der Waals surface area contributed by atoms with Crippen molar-refractivity contribution in [2.24, 2.45) is 11.8 Å². The van der Waals surface area contributed by atoms with Gasteiger partial charge in [-0.25, -0.2) is 4.79 Å². The molecule has 2 unspecified atom stereocenters. The van der Waals surface area contributed by atoms with Crippen molar-refractivity contribution in [1.29, 1.82) is 0 Å². The third-order valence-electron chi connectivity index (χ3n) is 4.38.